The first-order chi connectivity index (χ1) is 13.2. The number of fused-ring (bicyclic) bond motifs is 1. The molecule has 0 spiro atoms. The van der Waals surface area contributed by atoms with Gasteiger partial charge in [-0.15, -0.1) is 0 Å². The van der Waals surface area contributed by atoms with Crippen molar-refractivity contribution in [2.75, 3.05) is 25.6 Å². The Morgan fingerprint density at radius 3 is 2.63 bits per heavy atom. The lowest BCUT2D eigenvalue weighted by atomic mass is 9.96. The van der Waals surface area contributed by atoms with Crippen molar-refractivity contribution in [3.05, 3.63) is 59.7 Å². The van der Waals surface area contributed by atoms with E-state index in [0.29, 0.717) is 24.4 Å². The number of ether oxygens (including phenoxy) is 2. The summed E-state index contributed by atoms with van der Waals surface area (Å²) in [5, 5.41) is 2.90. The molecule has 138 valence electrons. The SMILES string of the molecule is COc1ccc(NC(=O)[C@@H](C2=Cc3ccccc3OC2)N2CCC2=O)cc1. The Morgan fingerprint density at radius 1 is 1.19 bits per heavy atom. The summed E-state index contributed by atoms with van der Waals surface area (Å²) in [7, 11) is 1.59. The molecule has 2 aliphatic rings. The number of anilines is 1. The van der Waals surface area contributed by atoms with E-state index in [0.717, 1.165) is 16.9 Å². The van der Waals surface area contributed by atoms with E-state index in [9.17, 15) is 9.59 Å². The minimum atomic E-state index is -0.679. The van der Waals surface area contributed by atoms with Gasteiger partial charge in [-0.3, -0.25) is 9.59 Å². The van der Waals surface area contributed by atoms with Crippen molar-refractivity contribution in [3.63, 3.8) is 0 Å². The largest absolute Gasteiger partial charge is 0.497 e. The van der Waals surface area contributed by atoms with Crippen LogP contribution in [0.4, 0.5) is 5.69 Å². The molecule has 1 fully saturated rings. The molecule has 2 aromatic carbocycles. The average Bonchev–Trinajstić information content (AvgIpc) is 2.70. The molecule has 6 nitrogen and oxygen atoms in total. The average molecular weight is 364 g/mol. The molecule has 1 atom stereocenters. The Balaban J connectivity index is 1.60. The highest BCUT2D eigenvalue weighted by Crippen LogP contribution is 2.30. The molecule has 0 aliphatic carbocycles. The lowest BCUT2D eigenvalue weighted by Crippen LogP contribution is -2.56. The fraction of sp³-hybridized carbons (Fsp3) is 0.238. The zero-order valence-electron chi connectivity index (χ0n) is 15.0. The van der Waals surface area contributed by atoms with Crippen LogP contribution in [-0.2, 0) is 9.59 Å². The van der Waals surface area contributed by atoms with Crippen LogP contribution in [0.15, 0.2) is 54.1 Å². The quantitative estimate of drug-likeness (QED) is 0.829. The number of nitrogens with one attached hydrogen (secondary N) is 1. The third kappa shape index (κ3) is 3.38. The molecule has 2 aromatic rings. The molecule has 27 heavy (non-hydrogen) atoms. The number of likely N-dealkylation sites (tertiary alicyclic amines) is 1. The van der Waals surface area contributed by atoms with Crippen molar-refractivity contribution in [2.45, 2.75) is 12.5 Å². The van der Waals surface area contributed by atoms with Crippen LogP contribution in [-0.4, -0.2) is 43.0 Å². The molecule has 4 rings (SSSR count). The van der Waals surface area contributed by atoms with Gasteiger partial charge >= 0.3 is 0 Å². The summed E-state index contributed by atoms with van der Waals surface area (Å²) in [5.41, 5.74) is 2.33. The topological polar surface area (TPSA) is 67.9 Å². The van der Waals surface area contributed by atoms with Crippen LogP contribution in [0.1, 0.15) is 12.0 Å². The van der Waals surface area contributed by atoms with Gasteiger partial charge < -0.3 is 19.7 Å². The van der Waals surface area contributed by atoms with Gasteiger partial charge in [-0.05, 0) is 42.0 Å². The minimum Gasteiger partial charge on any atom is -0.497 e. The summed E-state index contributed by atoms with van der Waals surface area (Å²) in [5.74, 6) is 1.22. The Morgan fingerprint density at radius 2 is 1.96 bits per heavy atom. The van der Waals surface area contributed by atoms with Crippen LogP contribution in [0.25, 0.3) is 6.08 Å². The summed E-state index contributed by atoms with van der Waals surface area (Å²) in [6, 6.07) is 14.1. The second-order valence-electron chi connectivity index (χ2n) is 6.50. The number of carbonyl (C=O) groups is 2. The highest BCUT2D eigenvalue weighted by atomic mass is 16.5. The molecule has 0 bridgehead atoms. The number of amides is 2. The number of methoxy groups -OCH3 is 1. The Labute approximate surface area is 157 Å². The lowest BCUT2D eigenvalue weighted by molar-refractivity contribution is -0.145. The van der Waals surface area contributed by atoms with Gasteiger partial charge in [-0.25, -0.2) is 0 Å². The van der Waals surface area contributed by atoms with Crippen LogP contribution in [0, 0.1) is 0 Å². The summed E-state index contributed by atoms with van der Waals surface area (Å²) >= 11 is 0. The predicted octanol–water partition coefficient (Wildman–Crippen LogP) is 2.71. The first-order valence-corrected chi connectivity index (χ1v) is 8.82. The molecule has 2 amide bonds. The van der Waals surface area contributed by atoms with Crippen LogP contribution in [0.5, 0.6) is 11.5 Å². The zero-order valence-corrected chi connectivity index (χ0v) is 15.0. The van der Waals surface area contributed by atoms with Gasteiger partial charge in [-0.2, -0.15) is 0 Å². The maximum absolute atomic E-state index is 13.0. The van der Waals surface area contributed by atoms with Gasteiger partial charge in [-0.1, -0.05) is 18.2 Å². The minimum absolute atomic E-state index is 0.0235. The zero-order chi connectivity index (χ0) is 18.8. The number of nitrogens with zero attached hydrogens (tertiary/aromatic N) is 1. The van der Waals surface area contributed by atoms with Crippen molar-refractivity contribution in [2.24, 2.45) is 0 Å². The second kappa shape index (κ2) is 7.15. The normalized spacial score (nSPS) is 16.4. The summed E-state index contributed by atoms with van der Waals surface area (Å²) in [4.78, 5) is 26.7. The van der Waals surface area contributed by atoms with E-state index in [-0.39, 0.29) is 18.4 Å². The summed E-state index contributed by atoms with van der Waals surface area (Å²) < 4.78 is 10.9. The fourth-order valence-electron chi connectivity index (χ4n) is 3.29. The van der Waals surface area contributed by atoms with Gasteiger partial charge in [0.05, 0.1) is 7.11 Å². The van der Waals surface area contributed by atoms with Crippen molar-refractivity contribution in [3.8, 4) is 11.5 Å². The van der Waals surface area contributed by atoms with Crippen molar-refractivity contribution in [1.82, 2.24) is 4.90 Å². The van der Waals surface area contributed by atoms with E-state index >= 15 is 0 Å². The van der Waals surface area contributed by atoms with Crippen molar-refractivity contribution >= 4 is 23.6 Å². The molecular weight excluding hydrogens is 344 g/mol. The van der Waals surface area contributed by atoms with E-state index in [1.165, 1.54) is 0 Å². The first kappa shape index (κ1) is 17.1. The fourth-order valence-corrected chi connectivity index (χ4v) is 3.29. The maximum Gasteiger partial charge on any atom is 0.251 e. The number of carbonyl (C=O) groups excluding carboxylic acids is 2. The van der Waals surface area contributed by atoms with Gasteiger partial charge in [0.2, 0.25) is 5.91 Å². The molecule has 2 aliphatic heterocycles. The highest BCUT2D eigenvalue weighted by molar-refractivity contribution is 6.01. The number of β-lactam (4-membered cyclic amide) rings is 1. The predicted molar refractivity (Wildman–Crippen MR) is 102 cm³/mol. The number of hydrogen-bond acceptors (Lipinski definition) is 4. The smallest absolute Gasteiger partial charge is 0.251 e. The van der Waals surface area contributed by atoms with Crippen LogP contribution in [0.2, 0.25) is 0 Å². The van der Waals surface area contributed by atoms with E-state index in [1.54, 1.807) is 36.3 Å². The molecule has 0 aromatic heterocycles. The Kier molecular flexibility index (Phi) is 4.54. The molecule has 0 saturated carbocycles. The molecule has 1 N–H and O–H groups in total. The van der Waals surface area contributed by atoms with Gasteiger partial charge in [0.15, 0.2) is 0 Å². The molecule has 0 unspecified atom stereocenters. The van der Waals surface area contributed by atoms with Gasteiger partial charge in [0, 0.05) is 24.2 Å². The highest BCUT2D eigenvalue weighted by Gasteiger charge is 2.38. The van der Waals surface area contributed by atoms with E-state index < -0.39 is 6.04 Å². The van der Waals surface area contributed by atoms with Crippen LogP contribution >= 0.6 is 0 Å². The third-order valence-corrected chi connectivity index (χ3v) is 4.81. The number of hydrogen-bond donors (Lipinski definition) is 1. The lowest BCUT2D eigenvalue weighted by Gasteiger charge is -2.39. The van der Waals surface area contributed by atoms with Crippen LogP contribution in [0.3, 0.4) is 0 Å². The second-order valence-corrected chi connectivity index (χ2v) is 6.50. The molecule has 2 heterocycles. The van der Waals surface area contributed by atoms with Gasteiger partial charge in [0.25, 0.3) is 5.91 Å². The summed E-state index contributed by atoms with van der Waals surface area (Å²) in [6.45, 7) is 0.847. The van der Waals surface area contributed by atoms with E-state index in [4.69, 9.17) is 9.47 Å². The molecule has 0 radical (unpaired) electrons. The first-order valence-electron chi connectivity index (χ1n) is 8.82. The molecular formula is C21H20N2O4. The molecule has 1 saturated heterocycles. The van der Waals surface area contributed by atoms with Crippen molar-refractivity contribution in [1.29, 1.82) is 0 Å². The van der Waals surface area contributed by atoms with Crippen molar-refractivity contribution < 1.29 is 19.1 Å². The standard InChI is InChI=1S/C21H20N2O4/c1-26-17-8-6-16(7-9-17)22-21(25)20(23-11-10-19(23)24)15-12-14-4-2-3-5-18(14)27-13-15/h2-9,12,20H,10-11,13H2,1H3,(H,22,25)/t20-/m1/s1. The van der Waals surface area contributed by atoms with Gasteiger partial charge in [0.1, 0.15) is 24.1 Å². The van der Waals surface area contributed by atoms with E-state index in [1.807, 2.05) is 30.3 Å². The Bertz CT molecular complexity index is 905. The monoisotopic (exact) mass is 364 g/mol. The maximum atomic E-state index is 13.0. The number of para-hydroxylation sites is 1. The number of rotatable bonds is 5. The van der Waals surface area contributed by atoms with Crippen LogP contribution < -0.4 is 14.8 Å². The Hall–Kier alpha value is -3.28. The third-order valence-electron chi connectivity index (χ3n) is 4.81. The summed E-state index contributed by atoms with van der Waals surface area (Å²) in [6.07, 6.45) is 2.42. The van der Waals surface area contributed by atoms with E-state index in [2.05, 4.69) is 5.32 Å². The number of benzene rings is 2. The molecule has 6 heteroatoms.